The molecule has 0 fully saturated rings. The van der Waals surface area contributed by atoms with Gasteiger partial charge in [-0.15, -0.1) is 0 Å². The monoisotopic (exact) mass is 277 g/mol. The van der Waals surface area contributed by atoms with Crippen LogP contribution >= 0.6 is 0 Å². The van der Waals surface area contributed by atoms with E-state index in [2.05, 4.69) is 49.4 Å². The average molecular weight is 277 g/mol. The van der Waals surface area contributed by atoms with Crippen molar-refractivity contribution in [3.8, 4) is 0 Å². The van der Waals surface area contributed by atoms with Gasteiger partial charge in [0.25, 0.3) is 0 Å². The zero-order chi connectivity index (χ0) is 14.4. The van der Waals surface area contributed by atoms with Crippen LogP contribution in [0.2, 0.25) is 0 Å². The molecule has 0 spiro atoms. The Labute approximate surface area is 124 Å². The van der Waals surface area contributed by atoms with E-state index in [1.807, 2.05) is 0 Å². The molecule has 21 heavy (non-hydrogen) atoms. The van der Waals surface area contributed by atoms with Crippen LogP contribution in [0.25, 0.3) is 11.0 Å². The van der Waals surface area contributed by atoms with Crippen molar-refractivity contribution in [1.29, 1.82) is 0 Å². The summed E-state index contributed by atoms with van der Waals surface area (Å²) in [6.07, 6.45) is 3.64. The maximum absolute atomic E-state index is 6.43. The van der Waals surface area contributed by atoms with Crippen LogP contribution in [0, 0.1) is 6.92 Å². The maximum Gasteiger partial charge on any atom is 0.137 e. The molecule has 2 heteroatoms. The zero-order valence-electron chi connectivity index (χ0n) is 12.2. The van der Waals surface area contributed by atoms with Gasteiger partial charge in [0.15, 0.2) is 0 Å². The lowest BCUT2D eigenvalue weighted by Gasteiger charge is -2.11. The van der Waals surface area contributed by atoms with E-state index in [-0.39, 0.29) is 6.04 Å². The Hall–Kier alpha value is -2.06. The number of aryl methyl sites for hydroxylation is 3. The van der Waals surface area contributed by atoms with Crippen molar-refractivity contribution < 1.29 is 4.42 Å². The minimum Gasteiger partial charge on any atom is -0.459 e. The molecule has 0 aliphatic heterocycles. The van der Waals surface area contributed by atoms with E-state index in [1.54, 1.807) is 0 Å². The number of nitrogens with two attached hydrogens (primary N) is 1. The number of benzene rings is 2. The van der Waals surface area contributed by atoms with Gasteiger partial charge in [0.1, 0.15) is 11.3 Å². The Kier molecular flexibility index (Phi) is 2.86. The minimum absolute atomic E-state index is 0.192. The molecule has 3 aromatic rings. The highest BCUT2D eigenvalue weighted by molar-refractivity contribution is 5.81. The minimum atomic E-state index is -0.192. The van der Waals surface area contributed by atoms with Crippen molar-refractivity contribution >= 4 is 11.0 Å². The van der Waals surface area contributed by atoms with Crippen LogP contribution < -0.4 is 5.73 Å². The predicted octanol–water partition coefficient (Wildman–Crippen LogP) is 4.28. The highest BCUT2D eigenvalue weighted by Crippen LogP contribution is 2.31. The van der Waals surface area contributed by atoms with Gasteiger partial charge in [0, 0.05) is 5.39 Å². The summed E-state index contributed by atoms with van der Waals surface area (Å²) in [6, 6.07) is 14.7. The molecule has 1 aliphatic carbocycles. The SMILES string of the molecule is Cc1cccc2cc(C(N)c3ccc4c(c3)CCC4)oc12. The molecule has 0 radical (unpaired) electrons. The van der Waals surface area contributed by atoms with Gasteiger partial charge in [0.2, 0.25) is 0 Å². The number of rotatable bonds is 2. The Morgan fingerprint density at radius 2 is 1.90 bits per heavy atom. The summed E-state index contributed by atoms with van der Waals surface area (Å²) in [5.74, 6) is 0.845. The van der Waals surface area contributed by atoms with E-state index in [0.29, 0.717) is 0 Å². The fourth-order valence-corrected chi connectivity index (χ4v) is 3.33. The molecule has 1 heterocycles. The molecule has 106 valence electrons. The normalized spacial score (nSPS) is 15.3. The van der Waals surface area contributed by atoms with Gasteiger partial charge in [-0.05, 0) is 54.5 Å². The number of para-hydroxylation sites is 1. The second-order valence-corrected chi connectivity index (χ2v) is 6.00. The predicted molar refractivity (Wildman–Crippen MR) is 85.4 cm³/mol. The van der Waals surface area contributed by atoms with Crippen molar-refractivity contribution in [3.63, 3.8) is 0 Å². The highest BCUT2D eigenvalue weighted by atomic mass is 16.3. The molecule has 0 bridgehead atoms. The third kappa shape index (κ3) is 2.07. The Morgan fingerprint density at radius 3 is 2.76 bits per heavy atom. The number of fused-ring (bicyclic) bond motifs is 2. The molecule has 1 unspecified atom stereocenters. The largest absolute Gasteiger partial charge is 0.459 e. The van der Waals surface area contributed by atoms with Gasteiger partial charge in [-0.1, -0.05) is 36.4 Å². The molecular weight excluding hydrogens is 258 g/mol. The third-order valence-corrected chi connectivity index (χ3v) is 4.55. The first-order valence-electron chi connectivity index (χ1n) is 7.59. The van der Waals surface area contributed by atoms with E-state index in [1.165, 1.54) is 30.4 Å². The van der Waals surface area contributed by atoms with E-state index < -0.39 is 0 Å². The molecule has 1 aromatic heterocycles. The lowest BCUT2D eigenvalue weighted by Crippen LogP contribution is -2.11. The molecule has 0 saturated heterocycles. The summed E-state index contributed by atoms with van der Waals surface area (Å²) in [5, 5.41) is 1.13. The zero-order valence-corrected chi connectivity index (χ0v) is 12.2. The molecule has 0 saturated carbocycles. The van der Waals surface area contributed by atoms with Crippen LogP contribution in [0.1, 0.15) is 40.5 Å². The fourth-order valence-electron chi connectivity index (χ4n) is 3.33. The number of hydrogen-bond acceptors (Lipinski definition) is 2. The lowest BCUT2D eigenvalue weighted by molar-refractivity contribution is 0.523. The van der Waals surface area contributed by atoms with E-state index in [4.69, 9.17) is 10.2 Å². The van der Waals surface area contributed by atoms with E-state index in [0.717, 1.165) is 27.9 Å². The summed E-state index contributed by atoms with van der Waals surface area (Å²) in [7, 11) is 0. The van der Waals surface area contributed by atoms with Crippen molar-refractivity contribution in [1.82, 2.24) is 0 Å². The van der Waals surface area contributed by atoms with Crippen molar-refractivity contribution in [2.24, 2.45) is 5.73 Å². The van der Waals surface area contributed by atoms with Gasteiger partial charge in [0.05, 0.1) is 6.04 Å². The Morgan fingerprint density at radius 1 is 1.05 bits per heavy atom. The molecule has 4 rings (SSSR count). The first-order chi connectivity index (χ1) is 10.2. The number of furan rings is 1. The van der Waals surface area contributed by atoms with Crippen LogP contribution in [0.4, 0.5) is 0 Å². The Balaban J connectivity index is 1.75. The molecule has 2 N–H and O–H groups in total. The summed E-state index contributed by atoms with van der Waals surface area (Å²) in [5.41, 5.74) is 12.6. The maximum atomic E-state index is 6.43. The molecule has 2 aromatic carbocycles. The van der Waals surface area contributed by atoms with Gasteiger partial charge in [-0.2, -0.15) is 0 Å². The van der Waals surface area contributed by atoms with Gasteiger partial charge in [-0.25, -0.2) is 0 Å². The molecule has 0 amide bonds. The fraction of sp³-hybridized carbons (Fsp3) is 0.263. The highest BCUT2D eigenvalue weighted by Gasteiger charge is 2.18. The van der Waals surface area contributed by atoms with Crippen LogP contribution in [-0.4, -0.2) is 0 Å². The lowest BCUT2D eigenvalue weighted by atomic mass is 10.00. The second kappa shape index (κ2) is 4.74. The summed E-state index contributed by atoms with van der Waals surface area (Å²) >= 11 is 0. The van der Waals surface area contributed by atoms with Crippen molar-refractivity contribution in [2.75, 3.05) is 0 Å². The summed E-state index contributed by atoms with van der Waals surface area (Å²) < 4.78 is 6.01. The van der Waals surface area contributed by atoms with Gasteiger partial charge >= 0.3 is 0 Å². The molecule has 1 aliphatic rings. The van der Waals surface area contributed by atoms with Gasteiger partial charge in [-0.3, -0.25) is 0 Å². The summed E-state index contributed by atoms with van der Waals surface area (Å²) in [4.78, 5) is 0. The first kappa shape index (κ1) is 12.7. The second-order valence-electron chi connectivity index (χ2n) is 6.00. The molecule has 2 nitrogen and oxygen atoms in total. The van der Waals surface area contributed by atoms with E-state index in [9.17, 15) is 0 Å². The van der Waals surface area contributed by atoms with Crippen LogP contribution in [-0.2, 0) is 12.8 Å². The molecular formula is C19H19NO. The standard InChI is InChI=1S/C19H19NO/c1-12-4-2-7-16-11-17(21-19(12)16)18(20)15-9-8-13-5-3-6-14(13)10-15/h2,4,7-11,18H,3,5-6,20H2,1H3. The van der Waals surface area contributed by atoms with Crippen molar-refractivity contribution in [3.05, 3.63) is 70.5 Å². The first-order valence-corrected chi connectivity index (χ1v) is 7.59. The van der Waals surface area contributed by atoms with Crippen LogP contribution in [0.15, 0.2) is 46.9 Å². The quantitative estimate of drug-likeness (QED) is 0.759. The third-order valence-electron chi connectivity index (χ3n) is 4.55. The Bertz CT molecular complexity index is 816. The van der Waals surface area contributed by atoms with Crippen molar-refractivity contribution in [2.45, 2.75) is 32.2 Å². The smallest absolute Gasteiger partial charge is 0.137 e. The van der Waals surface area contributed by atoms with Crippen LogP contribution in [0.3, 0.4) is 0 Å². The van der Waals surface area contributed by atoms with Crippen LogP contribution in [0.5, 0.6) is 0 Å². The summed E-state index contributed by atoms with van der Waals surface area (Å²) in [6.45, 7) is 2.07. The average Bonchev–Trinajstić information content (AvgIpc) is 3.12. The van der Waals surface area contributed by atoms with Gasteiger partial charge < -0.3 is 10.2 Å². The number of hydrogen-bond donors (Lipinski definition) is 1. The van der Waals surface area contributed by atoms with E-state index >= 15 is 0 Å². The topological polar surface area (TPSA) is 39.2 Å². The molecule has 1 atom stereocenters.